The molecule has 0 saturated heterocycles. The van der Waals surface area contributed by atoms with Crippen LogP contribution in [0.4, 0.5) is 10.1 Å². The molecule has 1 aromatic heterocycles. The van der Waals surface area contributed by atoms with E-state index in [0.717, 1.165) is 23.8 Å². The molecule has 1 unspecified atom stereocenters. The van der Waals surface area contributed by atoms with Crippen molar-refractivity contribution in [3.63, 3.8) is 0 Å². The number of rotatable bonds is 7. The molecule has 36 heavy (non-hydrogen) atoms. The molecule has 1 aliphatic rings. The van der Waals surface area contributed by atoms with Crippen LogP contribution >= 0.6 is 0 Å². The van der Waals surface area contributed by atoms with Gasteiger partial charge in [-0.25, -0.2) is 13.9 Å². The second-order valence-corrected chi connectivity index (χ2v) is 9.06. The first-order valence-electron chi connectivity index (χ1n) is 12.0. The first-order valence-corrected chi connectivity index (χ1v) is 12.0. The summed E-state index contributed by atoms with van der Waals surface area (Å²) in [6.07, 6.45) is 4.13. The first-order chi connectivity index (χ1) is 17.3. The van der Waals surface area contributed by atoms with Gasteiger partial charge in [0.25, 0.3) is 5.56 Å². The number of nitrogens with zero attached hydrogens (tertiary/aromatic N) is 3. The van der Waals surface area contributed by atoms with Gasteiger partial charge in [0.05, 0.1) is 18.8 Å². The topological polar surface area (TPSA) is 96.3 Å². The third kappa shape index (κ3) is 5.27. The SMILES string of the molecule is CNC(C)C(=O)Nc1cnc(-c2ccc(F)cc2)n(C(=O)CN(C)[C@@H]2CCCc3ccccc32)c1=O. The van der Waals surface area contributed by atoms with Crippen LogP contribution in [0.1, 0.15) is 41.7 Å². The lowest BCUT2D eigenvalue weighted by Gasteiger charge is -2.33. The number of hydrogen-bond acceptors (Lipinski definition) is 6. The van der Waals surface area contributed by atoms with Crippen molar-refractivity contribution in [2.24, 2.45) is 0 Å². The van der Waals surface area contributed by atoms with E-state index in [2.05, 4.69) is 27.8 Å². The van der Waals surface area contributed by atoms with Gasteiger partial charge in [0.15, 0.2) is 0 Å². The largest absolute Gasteiger partial charge is 0.319 e. The molecule has 9 heteroatoms. The van der Waals surface area contributed by atoms with Gasteiger partial charge < -0.3 is 10.6 Å². The second-order valence-electron chi connectivity index (χ2n) is 9.06. The van der Waals surface area contributed by atoms with E-state index in [-0.39, 0.29) is 24.1 Å². The Kier molecular flexibility index (Phi) is 7.71. The molecule has 0 bridgehead atoms. The number of halogens is 1. The van der Waals surface area contributed by atoms with Crippen molar-refractivity contribution in [2.75, 3.05) is 26.0 Å². The molecule has 1 heterocycles. The molecule has 3 aromatic rings. The molecule has 2 aromatic carbocycles. The van der Waals surface area contributed by atoms with E-state index in [1.807, 2.05) is 24.1 Å². The summed E-state index contributed by atoms with van der Waals surface area (Å²) >= 11 is 0. The van der Waals surface area contributed by atoms with E-state index < -0.39 is 29.2 Å². The zero-order valence-corrected chi connectivity index (χ0v) is 20.6. The number of likely N-dealkylation sites (N-methyl/N-ethyl adjacent to an activating group) is 2. The van der Waals surface area contributed by atoms with Gasteiger partial charge in [-0.2, -0.15) is 0 Å². The fraction of sp³-hybridized carbons (Fsp3) is 0.333. The highest BCUT2D eigenvalue weighted by Crippen LogP contribution is 2.33. The number of aromatic nitrogens is 2. The number of carbonyl (C=O) groups is 2. The van der Waals surface area contributed by atoms with E-state index in [9.17, 15) is 18.8 Å². The van der Waals surface area contributed by atoms with E-state index in [0.29, 0.717) is 5.56 Å². The molecule has 0 spiro atoms. The lowest BCUT2D eigenvalue weighted by atomic mass is 9.87. The zero-order chi connectivity index (χ0) is 25.8. The van der Waals surface area contributed by atoms with Gasteiger partial charge in [-0.1, -0.05) is 24.3 Å². The number of carbonyl (C=O) groups excluding carboxylic acids is 2. The molecular weight excluding hydrogens is 461 g/mol. The molecule has 2 N–H and O–H groups in total. The number of aryl methyl sites for hydroxylation is 1. The van der Waals surface area contributed by atoms with Crippen LogP contribution in [0, 0.1) is 5.82 Å². The lowest BCUT2D eigenvalue weighted by molar-refractivity contribution is -0.117. The third-order valence-electron chi connectivity index (χ3n) is 6.65. The minimum atomic E-state index is -0.691. The quantitative estimate of drug-likeness (QED) is 0.527. The molecular formula is C27H30FN5O3. The van der Waals surface area contributed by atoms with E-state index in [1.165, 1.54) is 41.6 Å². The maximum atomic E-state index is 13.6. The van der Waals surface area contributed by atoms with E-state index in [4.69, 9.17) is 0 Å². The summed E-state index contributed by atoms with van der Waals surface area (Å²) in [6, 6.07) is 13.1. The summed E-state index contributed by atoms with van der Waals surface area (Å²) in [6.45, 7) is 1.61. The van der Waals surface area contributed by atoms with Crippen LogP contribution in [0.5, 0.6) is 0 Å². The van der Waals surface area contributed by atoms with Crippen LogP contribution in [-0.2, 0) is 11.2 Å². The second kappa shape index (κ2) is 10.9. The van der Waals surface area contributed by atoms with Crippen LogP contribution in [0.15, 0.2) is 59.5 Å². The molecule has 1 aliphatic carbocycles. The fourth-order valence-corrected chi connectivity index (χ4v) is 4.53. The van der Waals surface area contributed by atoms with E-state index in [1.54, 1.807) is 14.0 Å². The number of fused-ring (bicyclic) bond motifs is 1. The zero-order valence-electron chi connectivity index (χ0n) is 20.6. The molecule has 4 rings (SSSR count). The normalized spacial score (nSPS) is 15.9. The monoisotopic (exact) mass is 491 g/mol. The highest BCUT2D eigenvalue weighted by Gasteiger charge is 2.27. The van der Waals surface area contributed by atoms with Gasteiger partial charge >= 0.3 is 0 Å². The van der Waals surface area contributed by atoms with Crippen molar-refractivity contribution >= 4 is 17.5 Å². The van der Waals surface area contributed by atoms with Crippen molar-refractivity contribution in [3.8, 4) is 11.4 Å². The summed E-state index contributed by atoms with van der Waals surface area (Å²) in [5, 5.41) is 5.36. The Morgan fingerprint density at radius 1 is 1.19 bits per heavy atom. The molecule has 0 saturated carbocycles. The summed E-state index contributed by atoms with van der Waals surface area (Å²) in [5.41, 5.74) is 2.07. The first kappa shape index (κ1) is 25.4. The average Bonchev–Trinajstić information content (AvgIpc) is 2.89. The number of benzene rings is 2. The Morgan fingerprint density at radius 3 is 2.64 bits per heavy atom. The van der Waals surface area contributed by atoms with E-state index >= 15 is 0 Å². The van der Waals surface area contributed by atoms with Crippen LogP contribution in [0.25, 0.3) is 11.4 Å². The smallest absolute Gasteiger partial charge is 0.284 e. The van der Waals surface area contributed by atoms with Gasteiger partial charge in [0, 0.05) is 11.6 Å². The lowest BCUT2D eigenvalue weighted by Crippen LogP contribution is -2.41. The third-order valence-corrected chi connectivity index (χ3v) is 6.65. The Bertz CT molecular complexity index is 1320. The predicted molar refractivity (Wildman–Crippen MR) is 136 cm³/mol. The van der Waals surface area contributed by atoms with Crippen LogP contribution in [0.3, 0.4) is 0 Å². The van der Waals surface area contributed by atoms with Gasteiger partial charge in [-0.05, 0) is 75.7 Å². The number of anilines is 1. The Labute approximate surface area is 209 Å². The Hall–Kier alpha value is -3.69. The standard InChI is InChI=1S/C27H30FN5O3/c1-17(29-2)26(35)31-22-15-30-25(19-11-13-20(28)14-12-19)33(27(22)36)24(34)16-32(3)23-10-6-8-18-7-4-5-9-21(18)23/h4-5,7,9,11-15,17,23,29H,6,8,10,16H2,1-3H3,(H,31,35)/t17?,23-/m1/s1. The average molecular weight is 492 g/mol. The molecule has 0 fully saturated rings. The van der Waals surface area contributed by atoms with Crippen molar-refractivity contribution in [2.45, 2.75) is 38.3 Å². The minimum absolute atomic E-state index is 0.0381. The summed E-state index contributed by atoms with van der Waals surface area (Å²) in [4.78, 5) is 45.7. The maximum Gasteiger partial charge on any atom is 0.284 e. The minimum Gasteiger partial charge on any atom is -0.319 e. The van der Waals surface area contributed by atoms with Gasteiger partial charge in [-0.3, -0.25) is 19.3 Å². The number of hydrogen-bond donors (Lipinski definition) is 2. The van der Waals surface area contributed by atoms with Gasteiger partial charge in [-0.15, -0.1) is 0 Å². The van der Waals surface area contributed by atoms with Crippen LogP contribution in [0.2, 0.25) is 0 Å². The molecule has 2 atom stereocenters. The molecule has 1 amide bonds. The number of nitrogens with one attached hydrogen (secondary N) is 2. The summed E-state index contributed by atoms with van der Waals surface area (Å²) < 4.78 is 14.5. The van der Waals surface area contributed by atoms with Gasteiger partial charge in [0.2, 0.25) is 11.8 Å². The molecule has 0 radical (unpaired) electrons. The summed E-state index contributed by atoms with van der Waals surface area (Å²) in [5.74, 6) is -1.28. The predicted octanol–water partition coefficient (Wildman–Crippen LogP) is 3.25. The van der Waals surface area contributed by atoms with Crippen LogP contribution in [-0.4, -0.2) is 52.9 Å². The Morgan fingerprint density at radius 2 is 1.92 bits per heavy atom. The number of amides is 1. The van der Waals surface area contributed by atoms with Crippen molar-refractivity contribution in [3.05, 3.63) is 82.0 Å². The van der Waals surface area contributed by atoms with Crippen LogP contribution < -0.4 is 16.2 Å². The molecule has 0 aliphatic heterocycles. The fourth-order valence-electron chi connectivity index (χ4n) is 4.53. The van der Waals surface area contributed by atoms with Crippen molar-refractivity contribution in [1.82, 2.24) is 19.8 Å². The summed E-state index contributed by atoms with van der Waals surface area (Å²) in [7, 11) is 3.49. The molecule has 8 nitrogen and oxygen atoms in total. The van der Waals surface area contributed by atoms with Gasteiger partial charge in [0.1, 0.15) is 17.3 Å². The van der Waals surface area contributed by atoms with Crippen molar-refractivity contribution in [1.29, 1.82) is 0 Å². The maximum absolute atomic E-state index is 13.6. The molecule has 188 valence electrons. The Balaban J connectivity index is 1.70. The highest BCUT2D eigenvalue weighted by molar-refractivity contribution is 5.95. The highest BCUT2D eigenvalue weighted by atomic mass is 19.1. The van der Waals surface area contributed by atoms with Crippen molar-refractivity contribution < 1.29 is 14.0 Å².